The zero-order chi connectivity index (χ0) is 8.39. The smallest absolute Gasteiger partial charge is 0.150 e. The Morgan fingerprint density at radius 3 is 3.00 bits per heavy atom. The van der Waals surface area contributed by atoms with E-state index in [4.69, 9.17) is 4.74 Å². The molecule has 1 aliphatic rings. The van der Waals surface area contributed by atoms with Gasteiger partial charge < -0.3 is 10.1 Å². The fourth-order valence-electron chi connectivity index (χ4n) is 1.08. The number of nitrogens with one attached hydrogen (secondary N) is 1. The minimum atomic E-state index is 0.744. The van der Waals surface area contributed by atoms with E-state index in [1.807, 2.05) is 24.3 Å². The molecule has 0 fully saturated rings. The molecule has 2 nitrogen and oxygen atoms in total. The molecular formula is C10H9NO. The van der Waals surface area contributed by atoms with Gasteiger partial charge in [0.2, 0.25) is 0 Å². The van der Waals surface area contributed by atoms with Crippen LogP contribution in [-0.2, 0) is 0 Å². The fraction of sp³-hybridized carbons (Fsp3) is 0. The Kier molecular flexibility index (Phi) is 1.59. The van der Waals surface area contributed by atoms with Gasteiger partial charge in [-0.05, 0) is 18.2 Å². The van der Waals surface area contributed by atoms with E-state index in [-0.39, 0.29) is 0 Å². The first-order chi connectivity index (χ1) is 5.90. The SMILES string of the molecule is C=CC1=CNc2ccccc2O1. The Hall–Kier alpha value is -1.70. The van der Waals surface area contributed by atoms with Gasteiger partial charge in [0, 0.05) is 6.20 Å². The molecule has 0 amide bonds. The number of hydrogen-bond donors (Lipinski definition) is 1. The van der Waals surface area contributed by atoms with E-state index in [1.165, 1.54) is 0 Å². The molecule has 12 heavy (non-hydrogen) atoms. The Bertz CT molecular complexity index is 341. The highest BCUT2D eigenvalue weighted by Crippen LogP contribution is 2.28. The molecule has 0 spiro atoms. The predicted molar refractivity (Wildman–Crippen MR) is 49.0 cm³/mol. The lowest BCUT2D eigenvalue weighted by Crippen LogP contribution is -2.04. The van der Waals surface area contributed by atoms with Crippen LogP contribution in [0.1, 0.15) is 0 Å². The van der Waals surface area contributed by atoms with Crippen molar-refractivity contribution in [3.05, 3.63) is 48.9 Å². The topological polar surface area (TPSA) is 21.3 Å². The van der Waals surface area contributed by atoms with Crippen LogP contribution in [0.15, 0.2) is 48.9 Å². The Labute approximate surface area is 71.2 Å². The molecule has 60 valence electrons. The van der Waals surface area contributed by atoms with Crippen LogP contribution in [0.5, 0.6) is 5.75 Å². The zero-order valence-corrected chi connectivity index (χ0v) is 6.58. The van der Waals surface area contributed by atoms with Crippen molar-refractivity contribution < 1.29 is 4.74 Å². The first-order valence-corrected chi connectivity index (χ1v) is 3.76. The molecule has 2 rings (SSSR count). The second-order valence-corrected chi connectivity index (χ2v) is 2.49. The van der Waals surface area contributed by atoms with Crippen molar-refractivity contribution in [1.29, 1.82) is 0 Å². The summed E-state index contributed by atoms with van der Waals surface area (Å²) in [5.41, 5.74) is 0.989. The van der Waals surface area contributed by atoms with Crippen LogP contribution in [0, 0.1) is 0 Å². The molecule has 1 heterocycles. The molecule has 1 N–H and O–H groups in total. The summed E-state index contributed by atoms with van der Waals surface area (Å²) in [6.45, 7) is 3.62. The molecule has 0 radical (unpaired) electrons. The summed E-state index contributed by atoms with van der Waals surface area (Å²) in [5, 5.41) is 3.11. The number of para-hydroxylation sites is 2. The van der Waals surface area contributed by atoms with Crippen LogP contribution in [0.3, 0.4) is 0 Å². The van der Waals surface area contributed by atoms with Gasteiger partial charge in [-0.2, -0.15) is 0 Å². The molecule has 1 aromatic carbocycles. The van der Waals surface area contributed by atoms with E-state index in [0.29, 0.717) is 0 Å². The molecule has 1 aromatic rings. The number of rotatable bonds is 1. The maximum absolute atomic E-state index is 5.46. The van der Waals surface area contributed by atoms with Gasteiger partial charge in [0.05, 0.1) is 5.69 Å². The summed E-state index contributed by atoms with van der Waals surface area (Å²) in [6.07, 6.45) is 3.46. The molecule has 0 unspecified atom stereocenters. The molecule has 0 aliphatic carbocycles. The van der Waals surface area contributed by atoms with Crippen LogP contribution in [0.25, 0.3) is 0 Å². The van der Waals surface area contributed by atoms with Gasteiger partial charge in [-0.1, -0.05) is 18.7 Å². The van der Waals surface area contributed by atoms with Crippen molar-refractivity contribution in [2.75, 3.05) is 5.32 Å². The van der Waals surface area contributed by atoms with Crippen molar-refractivity contribution in [3.8, 4) is 5.75 Å². The van der Waals surface area contributed by atoms with Gasteiger partial charge in [0.1, 0.15) is 5.76 Å². The monoisotopic (exact) mass is 159 g/mol. The number of benzene rings is 1. The summed E-state index contributed by atoms with van der Waals surface area (Å²) < 4.78 is 5.46. The molecule has 0 saturated carbocycles. The average molecular weight is 159 g/mol. The number of fused-ring (bicyclic) bond motifs is 1. The summed E-state index contributed by atoms with van der Waals surface area (Å²) in [6, 6.07) is 7.78. The van der Waals surface area contributed by atoms with E-state index in [0.717, 1.165) is 17.2 Å². The molecule has 0 atom stereocenters. The van der Waals surface area contributed by atoms with Gasteiger partial charge in [0.25, 0.3) is 0 Å². The van der Waals surface area contributed by atoms with Crippen LogP contribution in [-0.4, -0.2) is 0 Å². The Morgan fingerprint density at radius 1 is 1.33 bits per heavy atom. The highest BCUT2D eigenvalue weighted by molar-refractivity contribution is 5.60. The van der Waals surface area contributed by atoms with E-state index < -0.39 is 0 Å². The van der Waals surface area contributed by atoms with Crippen LogP contribution >= 0.6 is 0 Å². The van der Waals surface area contributed by atoms with E-state index in [2.05, 4.69) is 11.9 Å². The lowest BCUT2D eigenvalue weighted by molar-refractivity contribution is 0.440. The van der Waals surface area contributed by atoms with Crippen molar-refractivity contribution in [2.45, 2.75) is 0 Å². The van der Waals surface area contributed by atoms with E-state index in [1.54, 1.807) is 12.3 Å². The third-order valence-corrected chi connectivity index (χ3v) is 1.69. The highest BCUT2D eigenvalue weighted by atomic mass is 16.5. The molecule has 2 heteroatoms. The number of ether oxygens (including phenoxy) is 1. The van der Waals surface area contributed by atoms with Crippen molar-refractivity contribution in [1.82, 2.24) is 0 Å². The number of anilines is 1. The maximum atomic E-state index is 5.46. The summed E-state index contributed by atoms with van der Waals surface area (Å²) in [5.74, 6) is 1.59. The number of allylic oxidation sites excluding steroid dienone is 1. The minimum Gasteiger partial charge on any atom is -0.454 e. The van der Waals surface area contributed by atoms with Gasteiger partial charge in [0.15, 0.2) is 5.75 Å². The third-order valence-electron chi connectivity index (χ3n) is 1.69. The van der Waals surface area contributed by atoms with Crippen molar-refractivity contribution in [3.63, 3.8) is 0 Å². The van der Waals surface area contributed by atoms with Gasteiger partial charge in [-0.15, -0.1) is 0 Å². The molecule has 0 saturated heterocycles. The average Bonchev–Trinajstić information content (AvgIpc) is 2.17. The summed E-state index contributed by atoms with van der Waals surface area (Å²) >= 11 is 0. The standard InChI is InChI=1S/C10H9NO/c1-2-8-7-11-9-5-3-4-6-10(9)12-8/h2-7,11H,1H2. The molecule has 0 aromatic heterocycles. The lowest BCUT2D eigenvalue weighted by atomic mass is 10.2. The Morgan fingerprint density at radius 2 is 2.17 bits per heavy atom. The molecule has 1 aliphatic heterocycles. The fourth-order valence-corrected chi connectivity index (χ4v) is 1.08. The molecular weight excluding hydrogens is 150 g/mol. The first-order valence-electron chi connectivity index (χ1n) is 3.76. The number of hydrogen-bond acceptors (Lipinski definition) is 2. The Balaban J connectivity index is 2.36. The predicted octanol–water partition coefficient (Wildman–Crippen LogP) is 2.52. The highest BCUT2D eigenvalue weighted by Gasteiger charge is 2.07. The first kappa shape index (κ1) is 6.98. The summed E-state index contributed by atoms with van der Waals surface area (Å²) in [4.78, 5) is 0. The van der Waals surface area contributed by atoms with Gasteiger partial charge >= 0.3 is 0 Å². The minimum absolute atomic E-state index is 0.744. The van der Waals surface area contributed by atoms with E-state index >= 15 is 0 Å². The molecule has 0 bridgehead atoms. The largest absolute Gasteiger partial charge is 0.454 e. The third kappa shape index (κ3) is 1.07. The quantitative estimate of drug-likeness (QED) is 0.679. The van der Waals surface area contributed by atoms with Crippen LogP contribution in [0.2, 0.25) is 0 Å². The second kappa shape index (κ2) is 2.74. The summed E-state index contributed by atoms with van der Waals surface area (Å²) in [7, 11) is 0. The second-order valence-electron chi connectivity index (χ2n) is 2.49. The van der Waals surface area contributed by atoms with Crippen molar-refractivity contribution >= 4 is 5.69 Å². The zero-order valence-electron chi connectivity index (χ0n) is 6.58. The van der Waals surface area contributed by atoms with Crippen LogP contribution < -0.4 is 10.1 Å². The maximum Gasteiger partial charge on any atom is 0.150 e. The lowest BCUT2D eigenvalue weighted by Gasteiger charge is -2.16. The van der Waals surface area contributed by atoms with E-state index in [9.17, 15) is 0 Å². The normalized spacial score (nSPS) is 13.5. The van der Waals surface area contributed by atoms with Gasteiger partial charge in [-0.3, -0.25) is 0 Å². The van der Waals surface area contributed by atoms with Gasteiger partial charge in [-0.25, -0.2) is 0 Å². The van der Waals surface area contributed by atoms with Crippen LogP contribution in [0.4, 0.5) is 5.69 Å². The van der Waals surface area contributed by atoms with Crippen molar-refractivity contribution in [2.24, 2.45) is 0 Å².